The molecule has 0 spiro atoms. The second-order valence-electron chi connectivity index (χ2n) is 6.66. The number of aromatic nitrogens is 2. The highest BCUT2D eigenvalue weighted by Crippen LogP contribution is 2.26. The van der Waals surface area contributed by atoms with Crippen molar-refractivity contribution in [3.63, 3.8) is 0 Å². The lowest BCUT2D eigenvalue weighted by Gasteiger charge is -2.17. The van der Waals surface area contributed by atoms with Crippen molar-refractivity contribution in [2.45, 2.75) is 24.9 Å². The van der Waals surface area contributed by atoms with Crippen LogP contribution in [0, 0.1) is 0 Å². The number of nitrogens with zero attached hydrogens (tertiary/aromatic N) is 3. The number of carbonyl (C=O) groups is 1. The van der Waals surface area contributed by atoms with Gasteiger partial charge in [0, 0.05) is 38.0 Å². The van der Waals surface area contributed by atoms with Crippen molar-refractivity contribution < 1.29 is 4.79 Å². The summed E-state index contributed by atoms with van der Waals surface area (Å²) in [6.07, 6.45) is 2.27. The molecule has 1 amide bonds. The number of hydrogen-bond donors (Lipinski definition) is 1. The van der Waals surface area contributed by atoms with Crippen molar-refractivity contribution in [1.82, 2.24) is 14.5 Å². The topological polar surface area (TPSA) is 64.2 Å². The third kappa shape index (κ3) is 3.15. The predicted molar refractivity (Wildman–Crippen MR) is 98.1 cm³/mol. The van der Waals surface area contributed by atoms with Gasteiger partial charge in [-0.2, -0.15) is 0 Å². The van der Waals surface area contributed by atoms with E-state index in [-0.39, 0.29) is 17.9 Å². The number of benzene rings is 2. The van der Waals surface area contributed by atoms with Gasteiger partial charge in [0.15, 0.2) is 0 Å². The number of hydrogen-bond acceptors (Lipinski definition) is 3. The molecule has 0 saturated carbocycles. The van der Waals surface area contributed by atoms with Crippen LogP contribution >= 0.6 is 0 Å². The number of rotatable bonds is 4. The minimum absolute atomic E-state index is 0.000394. The van der Waals surface area contributed by atoms with Crippen molar-refractivity contribution in [3.8, 4) is 0 Å². The van der Waals surface area contributed by atoms with E-state index < -0.39 is 0 Å². The molecule has 2 heterocycles. The van der Waals surface area contributed by atoms with Gasteiger partial charge in [-0.1, -0.05) is 42.5 Å². The molecule has 1 aliphatic rings. The Labute approximate surface area is 147 Å². The first-order valence-corrected chi connectivity index (χ1v) is 8.70. The molecular formula is C20H22N4O. The number of imidazole rings is 1. The highest BCUT2D eigenvalue weighted by molar-refractivity contribution is 5.78. The first-order chi connectivity index (χ1) is 12.2. The van der Waals surface area contributed by atoms with E-state index in [4.69, 9.17) is 5.73 Å². The van der Waals surface area contributed by atoms with Gasteiger partial charge in [-0.15, -0.1) is 0 Å². The molecule has 2 atom stereocenters. The van der Waals surface area contributed by atoms with Crippen LogP contribution in [0.2, 0.25) is 0 Å². The first-order valence-electron chi connectivity index (χ1n) is 8.70. The van der Waals surface area contributed by atoms with Crippen LogP contribution in [0.5, 0.6) is 0 Å². The molecule has 0 unspecified atom stereocenters. The second kappa shape index (κ2) is 6.69. The Morgan fingerprint density at radius 1 is 1.08 bits per heavy atom. The van der Waals surface area contributed by atoms with Gasteiger partial charge >= 0.3 is 0 Å². The lowest BCUT2D eigenvalue weighted by molar-refractivity contribution is -0.130. The highest BCUT2D eigenvalue weighted by atomic mass is 16.2. The van der Waals surface area contributed by atoms with E-state index in [1.165, 1.54) is 5.56 Å². The van der Waals surface area contributed by atoms with E-state index in [1.54, 1.807) is 6.33 Å². The average Bonchev–Trinajstić information content (AvgIpc) is 3.24. The molecule has 3 aromatic rings. The third-order valence-corrected chi connectivity index (χ3v) is 5.04. The summed E-state index contributed by atoms with van der Waals surface area (Å²) in [5.74, 6) is 0.380. The van der Waals surface area contributed by atoms with Crippen LogP contribution in [0.1, 0.15) is 17.9 Å². The Kier molecular flexibility index (Phi) is 4.24. The lowest BCUT2D eigenvalue weighted by atomic mass is 9.95. The highest BCUT2D eigenvalue weighted by Gasteiger charge is 2.33. The van der Waals surface area contributed by atoms with Crippen LogP contribution in [-0.2, 0) is 11.3 Å². The summed E-state index contributed by atoms with van der Waals surface area (Å²) in [4.78, 5) is 18.9. The Morgan fingerprint density at radius 3 is 2.68 bits per heavy atom. The van der Waals surface area contributed by atoms with Crippen LogP contribution in [0.4, 0.5) is 0 Å². The molecule has 5 nitrogen and oxygen atoms in total. The van der Waals surface area contributed by atoms with E-state index in [0.717, 1.165) is 11.0 Å². The maximum absolute atomic E-state index is 12.6. The summed E-state index contributed by atoms with van der Waals surface area (Å²) in [5, 5.41) is 0. The fraction of sp³-hybridized carbons (Fsp3) is 0.300. The van der Waals surface area contributed by atoms with Gasteiger partial charge in [-0.25, -0.2) is 4.98 Å². The van der Waals surface area contributed by atoms with E-state index >= 15 is 0 Å². The zero-order chi connectivity index (χ0) is 17.2. The van der Waals surface area contributed by atoms with E-state index in [0.29, 0.717) is 26.1 Å². The zero-order valence-corrected chi connectivity index (χ0v) is 14.1. The normalized spacial score (nSPS) is 20.3. The number of carbonyl (C=O) groups excluding carboxylic acids is 1. The summed E-state index contributed by atoms with van der Waals surface area (Å²) in [5.41, 5.74) is 9.53. The van der Waals surface area contributed by atoms with Crippen molar-refractivity contribution in [3.05, 3.63) is 66.5 Å². The molecule has 2 aromatic carbocycles. The van der Waals surface area contributed by atoms with Crippen molar-refractivity contribution in [1.29, 1.82) is 0 Å². The van der Waals surface area contributed by atoms with Gasteiger partial charge in [-0.05, 0) is 17.7 Å². The molecule has 0 aliphatic carbocycles. The number of likely N-dealkylation sites (tertiary alicyclic amines) is 1. The van der Waals surface area contributed by atoms with Crippen LogP contribution in [0.15, 0.2) is 60.9 Å². The molecule has 25 heavy (non-hydrogen) atoms. The van der Waals surface area contributed by atoms with Crippen molar-refractivity contribution in [2.75, 3.05) is 13.1 Å². The van der Waals surface area contributed by atoms with E-state index in [9.17, 15) is 4.79 Å². The number of fused-ring (bicyclic) bond motifs is 1. The summed E-state index contributed by atoms with van der Waals surface area (Å²) >= 11 is 0. The lowest BCUT2D eigenvalue weighted by Crippen LogP contribution is -2.32. The molecule has 1 saturated heterocycles. The third-order valence-electron chi connectivity index (χ3n) is 5.04. The van der Waals surface area contributed by atoms with Gasteiger partial charge in [0.1, 0.15) is 0 Å². The molecule has 0 bridgehead atoms. The monoisotopic (exact) mass is 334 g/mol. The van der Waals surface area contributed by atoms with Crippen LogP contribution in [-0.4, -0.2) is 39.5 Å². The van der Waals surface area contributed by atoms with Gasteiger partial charge < -0.3 is 15.2 Å². The molecule has 2 N–H and O–H groups in total. The van der Waals surface area contributed by atoms with Crippen LogP contribution < -0.4 is 5.73 Å². The maximum atomic E-state index is 12.6. The Bertz CT molecular complexity index is 874. The summed E-state index contributed by atoms with van der Waals surface area (Å²) in [6.45, 7) is 1.97. The average molecular weight is 334 g/mol. The number of amides is 1. The molecule has 4 rings (SSSR count). The molecular weight excluding hydrogens is 312 g/mol. The molecule has 0 radical (unpaired) electrons. The Morgan fingerprint density at radius 2 is 1.84 bits per heavy atom. The first kappa shape index (κ1) is 15.8. The van der Waals surface area contributed by atoms with Gasteiger partial charge in [-0.3, -0.25) is 4.79 Å². The zero-order valence-electron chi connectivity index (χ0n) is 14.1. The quantitative estimate of drug-likeness (QED) is 0.797. The van der Waals surface area contributed by atoms with Crippen LogP contribution in [0.3, 0.4) is 0 Å². The minimum atomic E-state index is 0.000394. The van der Waals surface area contributed by atoms with Gasteiger partial charge in [0.05, 0.1) is 17.4 Å². The van der Waals surface area contributed by atoms with Crippen molar-refractivity contribution in [2.24, 2.45) is 5.73 Å². The minimum Gasteiger partial charge on any atom is -0.340 e. The van der Waals surface area contributed by atoms with Gasteiger partial charge in [0.2, 0.25) is 5.91 Å². The second-order valence-corrected chi connectivity index (χ2v) is 6.66. The smallest absolute Gasteiger partial charge is 0.224 e. The Hall–Kier alpha value is -2.66. The number of nitrogens with two attached hydrogens (primary N) is 1. The summed E-state index contributed by atoms with van der Waals surface area (Å²) in [7, 11) is 0. The molecule has 1 aliphatic heterocycles. The summed E-state index contributed by atoms with van der Waals surface area (Å²) in [6, 6.07) is 18.2. The number of aryl methyl sites for hydroxylation is 1. The molecule has 5 heteroatoms. The Balaban J connectivity index is 1.40. The molecule has 1 aromatic heterocycles. The van der Waals surface area contributed by atoms with E-state index in [1.807, 2.05) is 51.9 Å². The number of para-hydroxylation sites is 2. The molecule has 1 fully saturated rings. The SMILES string of the molecule is N[C@@H]1CN(C(=O)CCn2cnc3ccccc32)C[C@H]1c1ccccc1. The maximum Gasteiger partial charge on any atom is 0.224 e. The largest absolute Gasteiger partial charge is 0.340 e. The summed E-state index contributed by atoms with van der Waals surface area (Å²) < 4.78 is 2.04. The van der Waals surface area contributed by atoms with Crippen LogP contribution in [0.25, 0.3) is 11.0 Å². The standard InChI is InChI=1S/C20H22N4O/c21-17-13-24(12-16(17)15-6-2-1-3-7-15)20(25)10-11-23-14-22-18-8-4-5-9-19(18)23/h1-9,14,16-17H,10-13,21H2/t16-,17+/m0/s1. The van der Waals surface area contributed by atoms with Gasteiger partial charge in [0.25, 0.3) is 0 Å². The predicted octanol–water partition coefficient (Wildman–Crippen LogP) is 2.38. The van der Waals surface area contributed by atoms with E-state index in [2.05, 4.69) is 17.1 Å². The fourth-order valence-electron chi connectivity index (χ4n) is 3.65. The van der Waals surface area contributed by atoms with Crippen molar-refractivity contribution >= 4 is 16.9 Å². The molecule has 128 valence electrons. The fourth-order valence-corrected chi connectivity index (χ4v) is 3.65.